The highest BCUT2D eigenvalue weighted by atomic mass is 16.2. The second-order valence-electron chi connectivity index (χ2n) is 6.91. The van der Waals surface area contributed by atoms with E-state index in [1.807, 2.05) is 32.0 Å². The maximum atomic E-state index is 12.7. The van der Waals surface area contributed by atoms with Crippen LogP contribution in [0.2, 0.25) is 0 Å². The summed E-state index contributed by atoms with van der Waals surface area (Å²) in [6, 6.07) is 10.9. The highest BCUT2D eigenvalue weighted by Gasteiger charge is 2.23. The van der Waals surface area contributed by atoms with E-state index in [2.05, 4.69) is 22.1 Å². The number of piperazine rings is 1. The van der Waals surface area contributed by atoms with Crippen molar-refractivity contribution in [3.05, 3.63) is 58.9 Å². The summed E-state index contributed by atoms with van der Waals surface area (Å²) in [6.07, 6.45) is 0. The Morgan fingerprint density at radius 3 is 2.44 bits per heavy atom. The number of carbonyl (C=O) groups is 2. The number of aryl methyl sites for hydroxylation is 2. The van der Waals surface area contributed by atoms with Gasteiger partial charge in [0.05, 0.1) is 0 Å². The van der Waals surface area contributed by atoms with Crippen LogP contribution in [0.15, 0.2) is 36.4 Å². The first-order valence-electron chi connectivity index (χ1n) is 9.35. The van der Waals surface area contributed by atoms with Gasteiger partial charge in [0.1, 0.15) is 11.4 Å². The summed E-state index contributed by atoms with van der Waals surface area (Å²) in [5.41, 5.74) is 3.37. The fourth-order valence-electron chi connectivity index (χ4n) is 3.17. The number of carbonyl (C=O) groups excluding carboxylic acids is 2. The summed E-state index contributed by atoms with van der Waals surface area (Å²) in [5, 5.41) is 2.89. The lowest BCUT2D eigenvalue weighted by Crippen LogP contribution is -2.48. The van der Waals surface area contributed by atoms with Gasteiger partial charge in [0.25, 0.3) is 11.8 Å². The maximum Gasteiger partial charge on any atom is 0.274 e. The van der Waals surface area contributed by atoms with E-state index in [4.69, 9.17) is 0 Å². The Morgan fingerprint density at radius 1 is 1.04 bits per heavy atom. The Bertz CT molecular complexity index is 842. The van der Waals surface area contributed by atoms with Crippen molar-refractivity contribution < 1.29 is 9.59 Å². The molecule has 2 aromatic rings. The maximum absolute atomic E-state index is 12.7. The molecule has 1 aromatic heterocycles. The van der Waals surface area contributed by atoms with Crippen molar-refractivity contribution in [2.24, 2.45) is 0 Å². The Hall–Kier alpha value is -2.73. The number of nitrogens with zero attached hydrogens (tertiary/aromatic N) is 3. The third-order valence-electron chi connectivity index (χ3n) is 4.95. The van der Waals surface area contributed by atoms with Crippen LogP contribution < -0.4 is 5.32 Å². The van der Waals surface area contributed by atoms with E-state index in [9.17, 15) is 9.59 Å². The lowest BCUT2D eigenvalue weighted by molar-refractivity contribution is 0.0637. The molecular formula is C21H26N4O2. The van der Waals surface area contributed by atoms with Gasteiger partial charge >= 0.3 is 0 Å². The van der Waals surface area contributed by atoms with Crippen molar-refractivity contribution in [1.82, 2.24) is 14.8 Å². The summed E-state index contributed by atoms with van der Waals surface area (Å²) < 4.78 is 0. The largest absolute Gasteiger partial charge is 0.335 e. The lowest BCUT2D eigenvalue weighted by Gasteiger charge is -2.33. The van der Waals surface area contributed by atoms with Crippen molar-refractivity contribution in [1.29, 1.82) is 0 Å². The van der Waals surface area contributed by atoms with Crippen LogP contribution in [0.25, 0.3) is 0 Å². The first-order chi connectivity index (χ1) is 13.0. The number of nitrogens with one attached hydrogen (secondary N) is 1. The standard InChI is InChI=1S/C21H26N4O2/c1-4-24-10-12-25(13-11-24)21(27)18-7-5-6-17(22-18)20(26)23-19-14-15(2)8-9-16(19)3/h5-9,14H,4,10-13H2,1-3H3,(H,23,26). The monoisotopic (exact) mass is 366 g/mol. The highest BCUT2D eigenvalue weighted by molar-refractivity contribution is 6.04. The van der Waals surface area contributed by atoms with Gasteiger partial charge in [-0.3, -0.25) is 9.59 Å². The minimum atomic E-state index is -0.311. The van der Waals surface area contributed by atoms with Crippen molar-refractivity contribution in [2.75, 3.05) is 38.0 Å². The first-order valence-corrected chi connectivity index (χ1v) is 9.35. The smallest absolute Gasteiger partial charge is 0.274 e. The number of anilines is 1. The molecular weight excluding hydrogens is 340 g/mol. The third-order valence-corrected chi connectivity index (χ3v) is 4.95. The van der Waals surface area contributed by atoms with Crippen molar-refractivity contribution >= 4 is 17.5 Å². The Kier molecular flexibility index (Phi) is 5.86. The fourth-order valence-corrected chi connectivity index (χ4v) is 3.17. The molecule has 1 aliphatic rings. The summed E-state index contributed by atoms with van der Waals surface area (Å²) >= 11 is 0. The van der Waals surface area contributed by atoms with Gasteiger partial charge in [0, 0.05) is 31.9 Å². The van der Waals surface area contributed by atoms with Gasteiger partial charge in [-0.2, -0.15) is 0 Å². The molecule has 1 aromatic carbocycles. The first kappa shape index (κ1) is 19.0. The molecule has 0 spiro atoms. The highest BCUT2D eigenvalue weighted by Crippen LogP contribution is 2.17. The van der Waals surface area contributed by atoms with Crippen LogP contribution in [-0.2, 0) is 0 Å². The Morgan fingerprint density at radius 2 is 1.74 bits per heavy atom. The van der Waals surface area contributed by atoms with Gasteiger partial charge in [-0.25, -0.2) is 4.98 Å². The Balaban J connectivity index is 1.72. The van der Waals surface area contributed by atoms with E-state index in [1.54, 1.807) is 23.1 Å². The van der Waals surface area contributed by atoms with E-state index >= 15 is 0 Å². The van der Waals surface area contributed by atoms with Crippen molar-refractivity contribution in [3.63, 3.8) is 0 Å². The average molecular weight is 366 g/mol. The van der Waals surface area contributed by atoms with Crippen molar-refractivity contribution in [2.45, 2.75) is 20.8 Å². The number of likely N-dealkylation sites (N-methyl/N-ethyl adjacent to an activating group) is 1. The predicted octanol–water partition coefficient (Wildman–Crippen LogP) is 2.73. The topological polar surface area (TPSA) is 65.5 Å². The summed E-state index contributed by atoms with van der Waals surface area (Å²) in [7, 11) is 0. The average Bonchev–Trinajstić information content (AvgIpc) is 2.70. The number of hydrogen-bond acceptors (Lipinski definition) is 4. The zero-order valence-corrected chi connectivity index (χ0v) is 16.2. The molecule has 3 rings (SSSR count). The number of aromatic nitrogens is 1. The minimum Gasteiger partial charge on any atom is -0.335 e. The molecule has 6 heteroatoms. The van der Waals surface area contributed by atoms with Crippen LogP contribution >= 0.6 is 0 Å². The molecule has 0 bridgehead atoms. The van der Waals surface area contributed by atoms with Gasteiger partial charge in [-0.05, 0) is 49.7 Å². The third kappa shape index (κ3) is 4.52. The fraction of sp³-hybridized carbons (Fsp3) is 0.381. The van der Waals surface area contributed by atoms with Crippen LogP contribution in [0.1, 0.15) is 39.0 Å². The number of pyridine rings is 1. The summed E-state index contributed by atoms with van der Waals surface area (Å²) in [4.78, 5) is 33.8. The van der Waals surface area contributed by atoms with Gasteiger partial charge in [0.2, 0.25) is 0 Å². The molecule has 6 nitrogen and oxygen atoms in total. The van der Waals surface area contributed by atoms with Crippen LogP contribution in [0.3, 0.4) is 0 Å². The molecule has 1 aliphatic heterocycles. The molecule has 1 fully saturated rings. The molecule has 0 radical (unpaired) electrons. The Labute approximate surface area is 160 Å². The number of amides is 2. The summed E-state index contributed by atoms with van der Waals surface area (Å²) in [6.45, 7) is 10.2. The van der Waals surface area contributed by atoms with Crippen LogP contribution in [0, 0.1) is 13.8 Å². The number of benzene rings is 1. The van der Waals surface area contributed by atoms with Gasteiger partial charge < -0.3 is 15.1 Å². The van der Waals surface area contributed by atoms with Crippen molar-refractivity contribution in [3.8, 4) is 0 Å². The molecule has 1 saturated heterocycles. The lowest BCUT2D eigenvalue weighted by atomic mass is 10.1. The van der Waals surface area contributed by atoms with E-state index < -0.39 is 0 Å². The molecule has 2 amide bonds. The van der Waals surface area contributed by atoms with Crippen LogP contribution in [-0.4, -0.2) is 59.3 Å². The zero-order valence-electron chi connectivity index (χ0n) is 16.2. The quantitative estimate of drug-likeness (QED) is 0.904. The minimum absolute atomic E-state index is 0.118. The molecule has 0 unspecified atom stereocenters. The number of hydrogen-bond donors (Lipinski definition) is 1. The van der Waals surface area contributed by atoms with E-state index in [-0.39, 0.29) is 17.5 Å². The predicted molar refractivity (Wildman–Crippen MR) is 106 cm³/mol. The van der Waals surface area contributed by atoms with E-state index in [0.29, 0.717) is 18.8 Å². The number of rotatable bonds is 4. The van der Waals surface area contributed by atoms with Crippen LogP contribution in [0.4, 0.5) is 5.69 Å². The SMILES string of the molecule is CCN1CCN(C(=O)c2cccc(C(=O)Nc3cc(C)ccc3C)n2)CC1. The molecule has 2 heterocycles. The second-order valence-corrected chi connectivity index (χ2v) is 6.91. The van der Waals surface area contributed by atoms with Gasteiger partial charge in [0.15, 0.2) is 0 Å². The second kappa shape index (κ2) is 8.31. The summed E-state index contributed by atoms with van der Waals surface area (Å²) in [5.74, 6) is -0.429. The molecule has 1 N–H and O–H groups in total. The molecule has 0 aliphatic carbocycles. The molecule has 27 heavy (non-hydrogen) atoms. The molecule has 142 valence electrons. The van der Waals surface area contributed by atoms with Crippen LogP contribution in [0.5, 0.6) is 0 Å². The zero-order chi connectivity index (χ0) is 19.4. The van der Waals surface area contributed by atoms with E-state index in [0.717, 1.165) is 36.4 Å². The molecule has 0 atom stereocenters. The van der Waals surface area contributed by atoms with Gasteiger partial charge in [-0.1, -0.05) is 25.1 Å². The normalized spacial score (nSPS) is 14.9. The molecule has 0 saturated carbocycles. The van der Waals surface area contributed by atoms with Gasteiger partial charge in [-0.15, -0.1) is 0 Å². The van der Waals surface area contributed by atoms with E-state index in [1.165, 1.54) is 0 Å².